The highest BCUT2D eigenvalue weighted by molar-refractivity contribution is 7.98. The number of aromatic nitrogens is 4. The highest BCUT2D eigenvalue weighted by Crippen LogP contribution is 2.37. The molecule has 0 bridgehead atoms. The summed E-state index contributed by atoms with van der Waals surface area (Å²) >= 11 is 8.81. The van der Waals surface area contributed by atoms with E-state index in [1.807, 2.05) is 28.1 Å². The summed E-state index contributed by atoms with van der Waals surface area (Å²) in [5, 5.41) is 7.30. The van der Waals surface area contributed by atoms with E-state index in [9.17, 15) is 4.79 Å². The molecule has 6 nitrogen and oxygen atoms in total. The lowest BCUT2D eigenvalue weighted by Crippen LogP contribution is -2.21. The third-order valence-corrected chi connectivity index (χ3v) is 6.37. The van der Waals surface area contributed by atoms with Crippen LogP contribution in [0.3, 0.4) is 0 Å². The Balaban J connectivity index is 1.41. The molecule has 136 valence electrons. The average molecular weight is 417 g/mol. The number of halogens is 1. The lowest BCUT2D eigenvalue weighted by Gasteiger charge is -2.09. The minimum atomic E-state index is 0.0485. The van der Waals surface area contributed by atoms with Crippen LogP contribution in [0.25, 0.3) is 21.6 Å². The van der Waals surface area contributed by atoms with Gasteiger partial charge in [-0.05, 0) is 48.6 Å². The monoisotopic (exact) mass is 416 g/mol. The van der Waals surface area contributed by atoms with Crippen LogP contribution in [0.2, 0.25) is 5.02 Å². The molecule has 0 unspecified atom stereocenters. The third-order valence-electron chi connectivity index (χ3n) is 4.29. The lowest BCUT2D eigenvalue weighted by atomic mass is 10.2. The van der Waals surface area contributed by atoms with Crippen molar-refractivity contribution >= 4 is 44.9 Å². The number of fused-ring (bicyclic) bond motifs is 1. The van der Waals surface area contributed by atoms with Gasteiger partial charge in [0.15, 0.2) is 5.16 Å². The van der Waals surface area contributed by atoms with E-state index in [0.717, 1.165) is 23.9 Å². The molecule has 0 N–H and O–H groups in total. The van der Waals surface area contributed by atoms with Crippen molar-refractivity contribution in [2.45, 2.75) is 29.8 Å². The molecule has 3 heterocycles. The van der Waals surface area contributed by atoms with Crippen molar-refractivity contribution in [3.8, 4) is 11.4 Å². The van der Waals surface area contributed by atoms with Gasteiger partial charge in [0, 0.05) is 16.6 Å². The molecule has 0 atom stereocenters. The van der Waals surface area contributed by atoms with Crippen LogP contribution in [0.1, 0.15) is 24.8 Å². The second kappa shape index (κ2) is 6.78. The largest absolute Gasteiger partial charge is 0.338 e. The van der Waals surface area contributed by atoms with Gasteiger partial charge in [0.2, 0.25) is 11.7 Å². The normalized spacial score (nSPS) is 14.1. The molecule has 0 aliphatic heterocycles. The van der Waals surface area contributed by atoms with Crippen molar-refractivity contribution in [2.75, 3.05) is 0 Å². The number of rotatable bonds is 5. The standard InChI is InChI=1S/C18H13ClN4O2S2/c19-11-3-1-10(2-4-11)16-21-14(25-22-16)9-27-18-20-13-7-8-26-15(13)17(24)23(18)12-5-6-12/h1-4,7-8,12H,5-6,9H2. The van der Waals surface area contributed by atoms with Gasteiger partial charge in [0.05, 0.1) is 11.3 Å². The Morgan fingerprint density at radius 1 is 1.22 bits per heavy atom. The Labute approximate surface area is 167 Å². The number of nitrogens with zero attached hydrogens (tertiary/aromatic N) is 4. The van der Waals surface area contributed by atoms with Crippen LogP contribution in [0, 0.1) is 0 Å². The molecule has 5 rings (SSSR count). The Kier molecular flexibility index (Phi) is 4.26. The van der Waals surface area contributed by atoms with E-state index < -0.39 is 0 Å². The van der Waals surface area contributed by atoms with Crippen LogP contribution in [0.15, 0.2) is 50.2 Å². The zero-order valence-electron chi connectivity index (χ0n) is 14.0. The van der Waals surface area contributed by atoms with Gasteiger partial charge in [0.1, 0.15) is 4.70 Å². The van der Waals surface area contributed by atoms with Crippen molar-refractivity contribution < 1.29 is 4.52 Å². The van der Waals surface area contributed by atoms with E-state index in [1.54, 1.807) is 12.1 Å². The van der Waals surface area contributed by atoms with Crippen molar-refractivity contribution in [3.05, 3.63) is 57.0 Å². The molecule has 1 aliphatic rings. The minimum absolute atomic E-state index is 0.0485. The Morgan fingerprint density at radius 3 is 2.81 bits per heavy atom. The van der Waals surface area contributed by atoms with Crippen molar-refractivity contribution in [2.24, 2.45) is 0 Å². The Bertz CT molecular complexity index is 1180. The van der Waals surface area contributed by atoms with Crippen LogP contribution < -0.4 is 5.56 Å². The summed E-state index contributed by atoms with van der Waals surface area (Å²) in [6.45, 7) is 0. The van der Waals surface area contributed by atoms with Gasteiger partial charge in [-0.25, -0.2) is 4.98 Å². The molecule has 1 fully saturated rings. The summed E-state index contributed by atoms with van der Waals surface area (Å²) in [4.78, 5) is 21.9. The molecule has 0 spiro atoms. The number of hydrogen-bond acceptors (Lipinski definition) is 7. The van der Waals surface area contributed by atoms with Gasteiger partial charge in [-0.15, -0.1) is 11.3 Å². The van der Waals surface area contributed by atoms with E-state index in [1.165, 1.54) is 23.1 Å². The summed E-state index contributed by atoms with van der Waals surface area (Å²) in [6, 6.07) is 9.41. The predicted octanol–water partition coefficient (Wildman–Crippen LogP) is 4.79. The fraction of sp³-hybridized carbons (Fsp3) is 0.222. The van der Waals surface area contributed by atoms with E-state index in [2.05, 4.69) is 15.1 Å². The molecule has 3 aromatic heterocycles. The van der Waals surface area contributed by atoms with Gasteiger partial charge in [0.25, 0.3) is 5.56 Å². The molecule has 27 heavy (non-hydrogen) atoms. The highest BCUT2D eigenvalue weighted by atomic mass is 35.5. The van der Waals surface area contributed by atoms with Gasteiger partial charge >= 0.3 is 0 Å². The highest BCUT2D eigenvalue weighted by Gasteiger charge is 2.29. The second-order valence-electron chi connectivity index (χ2n) is 6.24. The number of thiophene rings is 1. The van der Waals surface area contributed by atoms with Crippen LogP contribution in [0.4, 0.5) is 0 Å². The first-order valence-corrected chi connectivity index (χ1v) is 10.6. The van der Waals surface area contributed by atoms with Gasteiger partial charge < -0.3 is 4.52 Å². The van der Waals surface area contributed by atoms with Crippen LogP contribution in [-0.2, 0) is 5.75 Å². The third kappa shape index (κ3) is 3.28. The van der Waals surface area contributed by atoms with Gasteiger partial charge in [-0.3, -0.25) is 9.36 Å². The van der Waals surface area contributed by atoms with Crippen molar-refractivity contribution in [3.63, 3.8) is 0 Å². The molecular formula is C18H13ClN4O2S2. The summed E-state index contributed by atoms with van der Waals surface area (Å²) in [7, 11) is 0. The molecule has 0 radical (unpaired) electrons. The van der Waals surface area contributed by atoms with Gasteiger partial charge in [-0.2, -0.15) is 4.98 Å². The number of hydrogen-bond donors (Lipinski definition) is 0. The maximum Gasteiger partial charge on any atom is 0.272 e. The number of benzene rings is 1. The summed E-state index contributed by atoms with van der Waals surface area (Å²) in [6.07, 6.45) is 2.04. The van der Waals surface area contributed by atoms with E-state index in [0.29, 0.717) is 32.3 Å². The van der Waals surface area contributed by atoms with Gasteiger partial charge in [-0.1, -0.05) is 28.5 Å². The summed E-state index contributed by atoms with van der Waals surface area (Å²) in [5.41, 5.74) is 1.64. The maximum absolute atomic E-state index is 12.8. The topological polar surface area (TPSA) is 73.8 Å². The van der Waals surface area contributed by atoms with Crippen LogP contribution in [-0.4, -0.2) is 19.7 Å². The SMILES string of the molecule is O=c1c2sccc2nc(SCc2nc(-c3ccc(Cl)cc3)no2)n1C1CC1. The van der Waals surface area contributed by atoms with E-state index in [4.69, 9.17) is 16.1 Å². The Morgan fingerprint density at radius 2 is 2.04 bits per heavy atom. The molecule has 9 heteroatoms. The molecule has 0 amide bonds. The number of thioether (sulfide) groups is 1. The lowest BCUT2D eigenvalue weighted by molar-refractivity contribution is 0.391. The van der Waals surface area contributed by atoms with Crippen molar-refractivity contribution in [1.82, 2.24) is 19.7 Å². The fourth-order valence-corrected chi connectivity index (χ4v) is 4.61. The fourth-order valence-electron chi connectivity index (χ4n) is 2.82. The van der Waals surface area contributed by atoms with E-state index in [-0.39, 0.29) is 11.6 Å². The molecule has 0 saturated heterocycles. The quantitative estimate of drug-likeness (QED) is 0.344. The molecular weight excluding hydrogens is 404 g/mol. The molecule has 4 aromatic rings. The first kappa shape index (κ1) is 17.0. The minimum Gasteiger partial charge on any atom is -0.338 e. The first-order chi connectivity index (χ1) is 13.2. The molecule has 1 aliphatic carbocycles. The zero-order valence-corrected chi connectivity index (χ0v) is 16.4. The van der Waals surface area contributed by atoms with Crippen LogP contribution in [0.5, 0.6) is 0 Å². The molecule has 1 aromatic carbocycles. The average Bonchev–Trinajstić information content (AvgIpc) is 3.19. The second-order valence-corrected chi connectivity index (χ2v) is 8.54. The smallest absolute Gasteiger partial charge is 0.272 e. The van der Waals surface area contributed by atoms with Crippen LogP contribution >= 0.6 is 34.7 Å². The predicted molar refractivity (Wildman–Crippen MR) is 106 cm³/mol. The summed E-state index contributed by atoms with van der Waals surface area (Å²) in [5.74, 6) is 1.46. The maximum atomic E-state index is 12.8. The Hall–Kier alpha value is -2.16. The first-order valence-electron chi connectivity index (χ1n) is 8.40. The molecule has 1 saturated carbocycles. The van der Waals surface area contributed by atoms with E-state index >= 15 is 0 Å². The summed E-state index contributed by atoms with van der Waals surface area (Å²) < 4.78 is 7.90. The van der Waals surface area contributed by atoms with Crippen molar-refractivity contribution in [1.29, 1.82) is 0 Å². The zero-order chi connectivity index (χ0) is 18.4.